The quantitative estimate of drug-likeness (QED) is 0.662. The molecule has 25 heavy (non-hydrogen) atoms. The first kappa shape index (κ1) is 15.8. The number of aliphatic hydroxyl groups excluding tert-OH is 1. The van der Waals surface area contributed by atoms with Crippen LogP contribution < -0.4 is 10.2 Å². The fourth-order valence-electron chi connectivity index (χ4n) is 3.31. The van der Waals surface area contributed by atoms with Gasteiger partial charge < -0.3 is 20.3 Å². The number of nitrogens with one attached hydrogen (secondary N) is 2. The summed E-state index contributed by atoms with van der Waals surface area (Å²) >= 11 is 0. The Hall–Kier alpha value is -2.67. The van der Waals surface area contributed by atoms with Crippen molar-refractivity contribution >= 4 is 22.7 Å². The molecule has 1 aliphatic rings. The van der Waals surface area contributed by atoms with Crippen LogP contribution in [0.5, 0.6) is 0 Å². The van der Waals surface area contributed by atoms with Crippen LogP contribution in [0.3, 0.4) is 0 Å². The monoisotopic (exact) mass is 338 g/mol. The van der Waals surface area contributed by atoms with Crippen LogP contribution in [0, 0.1) is 0 Å². The van der Waals surface area contributed by atoms with Crippen LogP contribution in [0.4, 0.5) is 11.6 Å². The van der Waals surface area contributed by atoms with Crippen molar-refractivity contribution in [1.82, 2.24) is 19.9 Å². The molecule has 1 fully saturated rings. The Kier molecular flexibility index (Phi) is 4.47. The fraction of sp³-hybridized carbons (Fsp3) is 0.389. The maximum atomic E-state index is 9.04. The summed E-state index contributed by atoms with van der Waals surface area (Å²) in [5.74, 6) is 1.70. The molecule has 4 rings (SSSR count). The van der Waals surface area contributed by atoms with Gasteiger partial charge in [-0.05, 0) is 31.4 Å². The van der Waals surface area contributed by atoms with Gasteiger partial charge in [0, 0.05) is 42.8 Å². The largest absolute Gasteiger partial charge is 0.395 e. The summed E-state index contributed by atoms with van der Waals surface area (Å²) in [7, 11) is 0. The molecule has 0 atom stereocenters. The maximum Gasteiger partial charge on any atom is 0.140 e. The Morgan fingerprint density at radius 1 is 1.16 bits per heavy atom. The van der Waals surface area contributed by atoms with Gasteiger partial charge >= 0.3 is 0 Å². The van der Waals surface area contributed by atoms with Crippen molar-refractivity contribution in [2.24, 2.45) is 0 Å². The minimum Gasteiger partial charge on any atom is -0.395 e. The van der Waals surface area contributed by atoms with Gasteiger partial charge in [0.25, 0.3) is 0 Å². The molecular formula is C18H22N6O. The standard InChI is InChI=1S/C18H22N6O/c25-9-6-19-16-10-14(13-4-5-20-18(13)23-16)15-11-17(22-12-21-15)24-7-2-1-3-8-24/h4-5,10-12,25H,1-3,6-9H2,(H2,19,20,23). The molecular weight excluding hydrogens is 316 g/mol. The van der Waals surface area contributed by atoms with E-state index in [1.54, 1.807) is 6.33 Å². The number of anilines is 2. The van der Waals surface area contributed by atoms with Crippen LogP contribution in [0.25, 0.3) is 22.3 Å². The number of aromatic nitrogens is 4. The minimum atomic E-state index is 0.0619. The number of fused-ring (bicyclic) bond motifs is 1. The molecule has 130 valence electrons. The Bertz CT molecular complexity index is 856. The van der Waals surface area contributed by atoms with Gasteiger partial charge in [-0.25, -0.2) is 15.0 Å². The highest BCUT2D eigenvalue weighted by molar-refractivity contribution is 5.94. The number of aromatic amines is 1. The summed E-state index contributed by atoms with van der Waals surface area (Å²) in [5, 5.41) is 13.2. The number of nitrogens with zero attached hydrogens (tertiary/aromatic N) is 4. The van der Waals surface area contributed by atoms with Gasteiger partial charge in [0.1, 0.15) is 23.6 Å². The molecule has 3 aromatic heterocycles. The number of rotatable bonds is 5. The first-order valence-electron chi connectivity index (χ1n) is 8.75. The summed E-state index contributed by atoms with van der Waals surface area (Å²) in [6, 6.07) is 6.05. The first-order chi connectivity index (χ1) is 12.3. The molecule has 3 N–H and O–H groups in total. The molecule has 7 heteroatoms. The molecule has 3 aromatic rings. The van der Waals surface area contributed by atoms with Gasteiger partial charge in [-0.3, -0.25) is 0 Å². The number of hydrogen-bond acceptors (Lipinski definition) is 6. The SMILES string of the molecule is OCCNc1cc(-c2cc(N3CCCCC3)ncn2)c2cc[nH]c2n1. The lowest BCUT2D eigenvalue weighted by Crippen LogP contribution is -2.30. The zero-order valence-corrected chi connectivity index (χ0v) is 14.1. The van der Waals surface area contributed by atoms with Crippen molar-refractivity contribution in [2.75, 3.05) is 36.5 Å². The number of aliphatic hydroxyl groups is 1. The predicted octanol–water partition coefficient (Wildman–Crippen LogP) is 2.41. The van der Waals surface area contributed by atoms with Gasteiger partial charge in [0.05, 0.1) is 12.3 Å². The second-order valence-electron chi connectivity index (χ2n) is 6.25. The van der Waals surface area contributed by atoms with E-state index in [0.717, 1.165) is 47.0 Å². The van der Waals surface area contributed by atoms with Crippen molar-refractivity contribution in [3.05, 3.63) is 30.7 Å². The number of piperidine rings is 1. The Morgan fingerprint density at radius 3 is 2.88 bits per heavy atom. The average molecular weight is 338 g/mol. The molecule has 1 saturated heterocycles. The molecule has 0 aliphatic carbocycles. The summed E-state index contributed by atoms with van der Waals surface area (Å²) in [6.07, 6.45) is 7.24. The smallest absolute Gasteiger partial charge is 0.140 e. The Labute approximate surface area is 146 Å². The topological polar surface area (TPSA) is 90.0 Å². The van der Waals surface area contributed by atoms with Crippen LogP contribution in [-0.2, 0) is 0 Å². The molecule has 0 spiro atoms. The highest BCUT2D eigenvalue weighted by Gasteiger charge is 2.15. The van der Waals surface area contributed by atoms with Gasteiger partial charge in [-0.15, -0.1) is 0 Å². The molecule has 0 unspecified atom stereocenters. The number of hydrogen-bond donors (Lipinski definition) is 3. The lowest BCUT2D eigenvalue weighted by atomic mass is 10.1. The van der Waals surface area contributed by atoms with Crippen LogP contribution in [0.2, 0.25) is 0 Å². The second kappa shape index (κ2) is 7.06. The zero-order valence-electron chi connectivity index (χ0n) is 14.1. The van der Waals surface area contributed by atoms with Crippen molar-refractivity contribution in [3.8, 4) is 11.3 Å². The fourth-order valence-corrected chi connectivity index (χ4v) is 3.31. The normalized spacial score (nSPS) is 14.8. The van der Waals surface area contributed by atoms with E-state index in [4.69, 9.17) is 5.11 Å². The van der Waals surface area contributed by atoms with E-state index in [-0.39, 0.29) is 6.61 Å². The molecule has 0 amide bonds. The van der Waals surface area contributed by atoms with E-state index >= 15 is 0 Å². The van der Waals surface area contributed by atoms with E-state index < -0.39 is 0 Å². The number of H-pyrrole nitrogens is 1. The van der Waals surface area contributed by atoms with Crippen molar-refractivity contribution < 1.29 is 5.11 Å². The van der Waals surface area contributed by atoms with E-state index in [0.29, 0.717) is 6.54 Å². The lowest BCUT2D eigenvalue weighted by molar-refractivity contribution is 0.311. The zero-order chi connectivity index (χ0) is 17.1. The van der Waals surface area contributed by atoms with E-state index in [1.807, 2.05) is 18.3 Å². The lowest BCUT2D eigenvalue weighted by Gasteiger charge is -2.27. The molecule has 0 aromatic carbocycles. The molecule has 0 saturated carbocycles. The molecule has 4 heterocycles. The third-order valence-electron chi connectivity index (χ3n) is 4.56. The Balaban J connectivity index is 1.74. The van der Waals surface area contributed by atoms with Crippen LogP contribution >= 0.6 is 0 Å². The molecule has 7 nitrogen and oxygen atoms in total. The molecule has 1 aliphatic heterocycles. The van der Waals surface area contributed by atoms with E-state index in [9.17, 15) is 0 Å². The van der Waals surface area contributed by atoms with Gasteiger partial charge in [0.2, 0.25) is 0 Å². The third-order valence-corrected chi connectivity index (χ3v) is 4.56. The number of pyridine rings is 1. The highest BCUT2D eigenvalue weighted by atomic mass is 16.3. The average Bonchev–Trinajstić information content (AvgIpc) is 3.15. The van der Waals surface area contributed by atoms with Gasteiger partial charge in [-0.2, -0.15) is 0 Å². The summed E-state index contributed by atoms with van der Waals surface area (Å²) in [6.45, 7) is 2.62. The van der Waals surface area contributed by atoms with Gasteiger partial charge in [-0.1, -0.05) is 0 Å². The van der Waals surface area contributed by atoms with Crippen LogP contribution in [-0.4, -0.2) is 51.3 Å². The van der Waals surface area contributed by atoms with E-state index in [1.165, 1.54) is 19.3 Å². The summed E-state index contributed by atoms with van der Waals surface area (Å²) in [5.41, 5.74) is 2.69. The van der Waals surface area contributed by atoms with Crippen molar-refractivity contribution in [3.63, 3.8) is 0 Å². The molecule has 0 radical (unpaired) electrons. The van der Waals surface area contributed by atoms with E-state index in [2.05, 4.69) is 36.2 Å². The minimum absolute atomic E-state index is 0.0619. The first-order valence-corrected chi connectivity index (χ1v) is 8.75. The third kappa shape index (κ3) is 3.28. The van der Waals surface area contributed by atoms with Crippen molar-refractivity contribution in [2.45, 2.75) is 19.3 Å². The van der Waals surface area contributed by atoms with Crippen LogP contribution in [0.1, 0.15) is 19.3 Å². The summed E-state index contributed by atoms with van der Waals surface area (Å²) in [4.78, 5) is 19.0. The van der Waals surface area contributed by atoms with Crippen LogP contribution in [0.15, 0.2) is 30.7 Å². The van der Waals surface area contributed by atoms with Crippen molar-refractivity contribution in [1.29, 1.82) is 0 Å². The highest BCUT2D eigenvalue weighted by Crippen LogP contribution is 2.30. The van der Waals surface area contributed by atoms with Gasteiger partial charge in [0.15, 0.2) is 0 Å². The predicted molar refractivity (Wildman–Crippen MR) is 98.8 cm³/mol. The maximum absolute atomic E-state index is 9.04. The molecule has 0 bridgehead atoms. The summed E-state index contributed by atoms with van der Waals surface area (Å²) < 4.78 is 0. The second-order valence-corrected chi connectivity index (χ2v) is 6.25. The Morgan fingerprint density at radius 2 is 2.04 bits per heavy atom.